The van der Waals surface area contributed by atoms with Crippen LogP contribution in [0.25, 0.3) is 11.1 Å². The number of aryl methyl sites for hydroxylation is 1. The molecule has 0 fully saturated rings. The van der Waals surface area contributed by atoms with E-state index in [1.54, 1.807) is 0 Å². The van der Waals surface area contributed by atoms with Crippen LogP contribution in [-0.4, -0.2) is 5.78 Å². The number of fused-ring (bicyclic) bond motifs is 3. The Labute approximate surface area is 87.8 Å². The van der Waals surface area contributed by atoms with Crippen LogP contribution in [0.3, 0.4) is 0 Å². The summed E-state index contributed by atoms with van der Waals surface area (Å²) >= 11 is 0. The number of carbonyl (C=O) groups excluding carboxylic acids is 1. The monoisotopic (exact) mass is 196 g/mol. The van der Waals surface area contributed by atoms with Gasteiger partial charge in [0.15, 0.2) is 6.20 Å². The van der Waals surface area contributed by atoms with E-state index in [-0.39, 0.29) is 5.78 Å². The van der Waals surface area contributed by atoms with Gasteiger partial charge < -0.3 is 0 Å². The van der Waals surface area contributed by atoms with Gasteiger partial charge in [-0.1, -0.05) is 24.3 Å². The van der Waals surface area contributed by atoms with Gasteiger partial charge in [0.05, 0.1) is 5.56 Å². The van der Waals surface area contributed by atoms with Crippen LogP contribution < -0.4 is 4.57 Å². The molecule has 2 heteroatoms. The molecule has 0 radical (unpaired) electrons. The molecule has 2 nitrogen and oxygen atoms in total. The lowest BCUT2D eigenvalue weighted by Gasteiger charge is -1.95. The summed E-state index contributed by atoms with van der Waals surface area (Å²) in [5.74, 6) is 0.128. The summed E-state index contributed by atoms with van der Waals surface area (Å²) in [6, 6.07) is 11.7. The predicted molar refractivity (Wildman–Crippen MR) is 56.5 cm³/mol. The Morgan fingerprint density at radius 2 is 1.60 bits per heavy atom. The van der Waals surface area contributed by atoms with Crippen LogP contribution in [0.4, 0.5) is 0 Å². The summed E-state index contributed by atoms with van der Waals surface area (Å²) in [4.78, 5) is 12.1. The summed E-state index contributed by atoms with van der Waals surface area (Å²) in [6.45, 7) is 0. The van der Waals surface area contributed by atoms with E-state index in [0.29, 0.717) is 0 Å². The van der Waals surface area contributed by atoms with Crippen molar-refractivity contribution >= 4 is 5.78 Å². The summed E-state index contributed by atoms with van der Waals surface area (Å²) in [5.41, 5.74) is 3.70. The summed E-state index contributed by atoms with van der Waals surface area (Å²) in [5, 5.41) is 0. The molecule has 0 amide bonds. The molecule has 0 N–H and O–H groups in total. The molecule has 3 rings (SSSR count). The molecular weight excluding hydrogens is 186 g/mol. The van der Waals surface area contributed by atoms with Crippen molar-refractivity contribution in [1.82, 2.24) is 0 Å². The van der Waals surface area contributed by atoms with Crippen molar-refractivity contribution < 1.29 is 9.36 Å². The third kappa shape index (κ3) is 0.988. The number of pyridine rings is 1. The Morgan fingerprint density at radius 1 is 0.933 bits per heavy atom. The fraction of sp³-hybridized carbons (Fsp3) is 0.0769. The molecule has 1 aromatic heterocycles. The first-order valence-electron chi connectivity index (χ1n) is 4.92. The molecule has 0 unspecified atom stereocenters. The van der Waals surface area contributed by atoms with Crippen molar-refractivity contribution in [1.29, 1.82) is 0 Å². The Hall–Kier alpha value is -1.96. The molecule has 1 aliphatic rings. The Balaban J connectivity index is 2.43. The third-order valence-corrected chi connectivity index (χ3v) is 2.86. The molecule has 15 heavy (non-hydrogen) atoms. The zero-order valence-electron chi connectivity index (χ0n) is 8.40. The van der Waals surface area contributed by atoms with Gasteiger partial charge in [0.25, 0.3) is 11.5 Å². The van der Waals surface area contributed by atoms with E-state index in [1.807, 2.05) is 54.2 Å². The molecule has 1 heterocycles. The fourth-order valence-corrected chi connectivity index (χ4v) is 2.16. The van der Waals surface area contributed by atoms with Crippen molar-refractivity contribution in [3.8, 4) is 11.1 Å². The largest absolute Gasteiger partial charge is 0.282 e. The number of hydrogen-bond donors (Lipinski definition) is 0. The van der Waals surface area contributed by atoms with Crippen molar-refractivity contribution in [2.75, 3.05) is 0 Å². The first kappa shape index (κ1) is 8.36. The first-order chi connectivity index (χ1) is 7.29. The van der Waals surface area contributed by atoms with Crippen molar-refractivity contribution in [2.45, 2.75) is 0 Å². The minimum absolute atomic E-state index is 0.128. The molecule has 0 saturated carbocycles. The van der Waals surface area contributed by atoms with Gasteiger partial charge in [0, 0.05) is 11.6 Å². The molecule has 72 valence electrons. The number of carbonyl (C=O) groups is 1. The summed E-state index contributed by atoms with van der Waals surface area (Å²) in [7, 11) is 1.91. The molecule has 0 saturated heterocycles. The van der Waals surface area contributed by atoms with Gasteiger partial charge in [-0.05, 0) is 11.6 Å². The standard InChI is InChI=1S/C13H10NO/c1-14-8-4-7-10-9-5-2-3-6-11(9)13(15)12(10)14/h2-8H,1H3/q+1. The lowest BCUT2D eigenvalue weighted by atomic mass is 10.1. The van der Waals surface area contributed by atoms with E-state index in [1.165, 1.54) is 0 Å². The Morgan fingerprint density at radius 3 is 2.40 bits per heavy atom. The topological polar surface area (TPSA) is 20.9 Å². The molecule has 2 aromatic rings. The van der Waals surface area contributed by atoms with Crippen LogP contribution in [0, 0.1) is 0 Å². The van der Waals surface area contributed by atoms with Gasteiger partial charge in [0.1, 0.15) is 7.05 Å². The van der Waals surface area contributed by atoms with Crippen molar-refractivity contribution in [2.24, 2.45) is 7.05 Å². The highest BCUT2D eigenvalue weighted by atomic mass is 16.1. The molecule has 1 aromatic carbocycles. The molecule has 0 aliphatic heterocycles. The van der Waals surface area contributed by atoms with Crippen molar-refractivity contribution in [3.05, 3.63) is 53.9 Å². The third-order valence-electron chi connectivity index (χ3n) is 2.86. The maximum absolute atomic E-state index is 12.1. The average Bonchev–Trinajstić information content (AvgIpc) is 2.55. The number of nitrogens with zero attached hydrogens (tertiary/aromatic N) is 1. The zero-order valence-corrected chi connectivity index (χ0v) is 8.40. The van der Waals surface area contributed by atoms with E-state index in [0.717, 1.165) is 22.4 Å². The van der Waals surface area contributed by atoms with E-state index in [4.69, 9.17) is 0 Å². The molecule has 1 aliphatic carbocycles. The lowest BCUT2D eigenvalue weighted by Crippen LogP contribution is -2.34. The van der Waals surface area contributed by atoms with Crippen LogP contribution in [0.15, 0.2) is 42.6 Å². The van der Waals surface area contributed by atoms with Crippen LogP contribution in [0.1, 0.15) is 16.1 Å². The van der Waals surface area contributed by atoms with E-state index >= 15 is 0 Å². The van der Waals surface area contributed by atoms with E-state index < -0.39 is 0 Å². The average molecular weight is 196 g/mol. The SMILES string of the molecule is C[n+]1cccc2c1C(=O)c1ccccc1-2. The number of ketones is 1. The lowest BCUT2D eigenvalue weighted by molar-refractivity contribution is -0.672. The van der Waals surface area contributed by atoms with E-state index in [2.05, 4.69) is 0 Å². The highest BCUT2D eigenvalue weighted by Gasteiger charge is 2.33. The summed E-state index contributed by atoms with van der Waals surface area (Å²) in [6.07, 6.45) is 1.91. The van der Waals surface area contributed by atoms with Crippen LogP contribution in [-0.2, 0) is 7.05 Å². The number of aromatic nitrogens is 1. The minimum atomic E-state index is 0.128. The van der Waals surface area contributed by atoms with Gasteiger partial charge in [-0.3, -0.25) is 4.79 Å². The van der Waals surface area contributed by atoms with Crippen LogP contribution >= 0.6 is 0 Å². The maximum Gasteiger partial charge on any atom is 0.261 e. The van der Waals surface area contributed by atoms with Gasteiger partial charge in [-0.15, -0.1) is 0 Å². The molecule has 0 bridgehead atoms. The quantitative estimate of drug-likeness (QED) is 0.501. The highest BCUT2D eigenvalue weighted by Crippen LogP contribution is 2.33. The smallest absolute Gasteiger partial charge is 0.261 e. The van der Waals surface area contributed by atoms with E-state index in [9.17, 15) is 4.79 Å². The number of rotatable bonds is 0. The molecular formula is C13H10NO+. The molecule has 0 spiro atoms. The second kappa shape index (κ2) is 2.76. The number of benzene rings is 1. The van der Waals surface area contributed by atoms with Crippen LogP contribution in [0.5, 0.6) is 0 Å². The second-order valence-electron chi connectivity index (χ2n) is 3.76. The van der Waals surface area contributed by atoms with Crippen LogP contribution in [0.2, 0.25) is 0 Å². The Kier molecular flexibility index (Phi) is 1.54. The zero-order chi connectivity index (χ0) is 10.4. The van der Waals surface area contributed by atoms with Crippen molar-refractivity contribution in [3.63, 3.8) is 0 Å². The summed E-state index contributed by atoms with van der Waals surface area (Å²) < 4.78 is 1.89. The minimum Gasteiger partial charge on any atom is -0.282 e. The van der Waals surface area contributed by atoms with Gasteiger partial charge in [-0.25, -0.2) is 0 Å². The number of hydrogen-bond acceptors (Lipinski definition) is 1. The Bertz CT molecular complexity index is 572. The first-order valence-corrected chi connectivity index (χ1v) is 4.92. The predicted octanol–water partition coefficient (Wildman–Crippen LogP) is 1.72. The van der Waals surface area contributed by atoms with Gasteiger partial charge in [-0.2, -0.15) is 4.57 Å². The maximum atomic E-state index is 12.1. The highest BCUT2D eigenvalue weighted by molar-refractivity contribution is 6.19. The normalized spacial score (nSPS) is 12.5. The second-order valence-corrected chi connectivity index (χ2v) is 3.76. The fourth-order valence-electron chi connectivity index (χ4n) is 2.16. The van der Waals surface area contributed by atoms with Gasteiger partial charge in [0.2, 0.25) is 0 Å². The molecule has 0 atom stereocenters. The van der Waals surface area contributed by atoms with Gasteiger partial charge >= 0.3 is 0 Å².